The first-order chi connectivity index (χ1) is 17.5. The third-order valence-corrected chi connectivity index (χ3v) is 7.80. The van der Waals surface area contributed by atoms with Gasteiger partial charge in [-0.1, -0.05) is 63.2 Å². The van der Waals surface area contributed by atoms with Gasteiger partial charge in [0, 0.05) is 28.2 Å². The summed E-state index contributed by atoms with van der Waals surface area (Å²) >= 11 is 0. The van der Waals surface area contributed by atoms with Crippen LogP contribution in [0.2, 0.25) is 0 Å². The highest BCUT2D eigenvalue weighted by Gasteiger charge is 2.22. The van der Waals surface area contributed by atoms with E-state index < -0.39 is 15.9 Å². The molecule has 8 heteroatoms. The average molecular weight is 520 g/mol. The molecule has 194 valence electrons. The number of benzene rings is 3. The van der Waals surface area contributed by atoms with Crippen LogP contribution in [0.5, 0.6) is 0 Å². The lowest BCUT2D eigenvalue weighted by molar-refractivity contribution is 0.0918. The van der Waals surface area contributed by atoms with E-state index in [2.05, 4.69) is 36.4 Å². The molecule has 0 bridgehead atoms. The third kappa shape index (κ3) is 5.87. The number of fused-ring (bicyclic) bond motifs is 1. The van der Waals surface area contributed by atoms with Gasteiger partial charge >= 0.3 is 0 Å². The summed E-state index contributed by atoms with van der Waals surface area (Å²) in [5, 5.41) is 16.0. The van der Waals surface area contributed by atoms with E-state index in [1.807, 2.05) is 54.6 Å². The molecule has 0 spiro atoms. The second kappa shape index (κ2) is 10.4. The molecule has 0 fully saturated rings. The molecule has 4 rings (SSSR count). The van der Waals surface area contributed by atoms with Gasteiger partial charge in [-0.2, -0.15) is 0 Å². The van der Waals surface area contributed by atoms with Crippen molar-refractivity contribution in [1.29, 1.82) is 0 Å². The van der Waals surface area contributed by atoms with Crippen LogP contribution in [-0.2, 0) is 15.3 Å². The Kier molecular flexibility index (Phi) is 7.43. The van der Waals surface area contributed by atoms with Crippen LogP contribution in [0.15, 0.2) is 77.7 Å². The number of hydrogen-bond acceptors (Lipinski definition) is 5. The van der Waals surface area contributed by atoms with Crippen LogP contribution in [-0.4, -0.2) is 42.9 Å². The van der Waals surface area contributed by atoms with Crippen LogP contribution in [0.25, 0.3) is 22.0 Å². The van der Waals surface area contributed by atoms with Crippen LogP contribution >= 0.6 is 0 Å². The van der Waals surface area contributed by atoms with E-state index in [1.54, 1.807) is 25.1 Å². The molecule has 4 aromatic rings. The number of carbonyl (C=O) groups excluding carboxylic acids is 1. The van der Waals surface area contributed by atoms with Crippen molar-refractivity contribution in [2.45, 2.75) is 44.0 Å². The van der Waals surface area contributed by atoms with Gasteiger partial charge in [0.25, 0.3) is 5.91 Å². The maximum absolute atomic E-state index is 13.0. The number of rotatable bonds is 8. The second-order valence-electron chi connectivity index (χ2n) is 10.3. The van der Waals surface area contributed by atoms with Crippen molar-refractivity contribution in [2.24, 2.45) is 0 Å². The number of amides is 1. The van der Waals surface area contributed by atoms with E-state index in [0.29, 0.717) is 16.9 Å². The van der Waals surface area contributed by atoms with Gasteiger partial charge in [-0.25, -0.2) is 8.42 Å². The molecular weight excluding hydrogens is 486 g/mol. The van der Waals surface area contributed by atoms with E-state index in [4.69, 9.17) is 0 Å². The average Bonchev–Trinajstić information content (AvgIpc) is 3.26. The predicted molar refractivity (Wildman–Crippen MR) is 149 cm³/mol. The molecule has 0 aliphatic carbocycles. The molecular formula is C29H33N3O4S. The number of sulfone groups is 1. The molecule has 1 aromatic heterocycles. The molecule has 1 unspecified atom stereocenters. The Labute approximate surface area is 217 Å². The summed E-state index contributed by atoms with van der Waals surface area (Å²) in [6.07, 6.45) is 0. The Morgan fingerprint density at radius 2 is 1.68 bits per heavy atom. The van der Waals surface area contributed by atoms with Crippen molar-refractivity contribution in [3.05, 3.63) is 84.1 Å². The Morgan fingerprint density at radius 1 is 1.00 bits per heavy atom. The largest absolute Gasteiger partial charge is 0.394 e. The van der Waals surface area contributed by atoms with Gasteiger partial charge in [0.05, 0.1) is 11.5 Å². The molecule has 7 nitrogen and oxygen atoms in total. The summed E-state index contributed by atoms with van der Waals surface area (Å²) < 4.78 is 26.0. The molecule has 0 aliphatic heterocycles. The summed E-state index contributed by atoms with van der Waals surface area (Å²) in [5.74, 6) is -0.591. The molecule has 3 aromatic carbocycles. The molecule has 0 aliphatic rings. The lowest BCUT2D eigenvalue weighted by Crippen LogP contribution is -2.35. The molecule has 0 saturated heterocycles. The molecule has 37 heavy (non-hydrogen) atoms. The van der Waals surface area contributed by atoms with Crippen LogP contribution in [0.3, 0.4) is 0 Å². The third-order valence-electron chi connectivity index (χ3n) is 6.29. The zero-order valence-electron chi connectivity index (χ0n) is 21.5. The zero-order valence-corrected chi connectivity index (χ0v) is 22.3. The zero-order chi connectivity index (χ0) is 26.8. The number of aromatic nitrogens is 1. The van der Waals surface area contributed by atoms with Crippen molar-refractivity contribution in [3.63, 3.8) is 0 Å². The molecule has 0 saturated carbocycles. The number of aliphatic hydroxyl groups excluding tert-OH is 1. The highest BCUT2D eigenvalue weighted by atomic mass is 32.2. The predicted octanol–water partition coefficient (Wildman–Crippen LogP) is 5.09. The fourth-order valence-corrected chi connectivity index (χ4v) is 5.22. The smallest absolute Gasteiger partial charge is 0.268 e. The monoisotopic (exact) mass is 519 g/mol. The summed E-state index contributed by atoms with van der Waals surface area (Å²) in [7, 11) is -3.57. The van der Waals surface area contributed by atoms with Crippen LogP contribution < -0.4 is 10.6 Å². The van der Waals surface area contributed by atoms with E-state index in [-0.39, 0.29) is 28.7 Å². The number of aliphatic hydroxyl groups is 1. The second-order valence-corrected chi connectivity index (χ2v) is 12.3. The Hall–Kier alpha value is -3.62. The number of aromatic amines is 1. The number of nitrogens with one attached hydrogen (secondary N) is 3. The van der Waals surface area contributed by atoms with Crippen molar-refractivity contribution in [1.82, 2.24) is 10.3 Å². The Balaban J connectivity index is 1.65. The number of hydrogen-bond donors (Lipinski definition) is 4. The standard InChI is InChI=1S/C29H33N3O4S/c1-19(17-33)31-28(34)27-26(20-8-6-5-7-9-20)24-16-22(12-15-25(24)32-27)30-18-37(35,36)23-13-10-21(11-14-23)29(2,3)4/h5-16,19,30,32-33H,17-18H2,1-4H3,(H,31,34). The van der Waals surface area contributed by atoms with Crippen LogP contribution in [0.4, 0.5) is 5.69 Å². The Bertz CT molecular complexity index is 1500. The van der Waals surface area contributed by atoms with Gasteiger partial charge in [-0.05, 0) is 53.8 Å². The SMILES string of the molecule is CC(CO)NC(=O)c1[nH]c2ccc(NCS(=O)(=O)c3ccc(C(C)(C)C)cc3)cc2c1-c1ccccc1. The number of carbonyl (C=O) groups is 1. The van der Waals surface area contributed by atoms with E-state index >= 15 is 0 Å². The lowest BCUT2D eigenvalue weighted by atomic mass is 9.87. The van der Waals surface area contributed by atoms with E-state index in [1.165, 1.54) is 0 Å². The van der Waals surface area contributed by atoms with Gasteiger partial charge in [0.15, 0.2) is 9.84 Å². The van der Waals surface area contributed by atoms with Crippen LogP contribution in [0, 0.1) is 0 Å². The van der Waals surface area contributed by atoms with Gasteiger partial charge in [-0.15, -0.1) is 0 Å². The van der Waals surface area contributed by atoms with E-state index in [0.717, 1.165) is 22.0 Å². The molecule has 0 radical (unpaired) electrons. The molecule has 1 atom stereocenters. The minimum atomic E-state index is -3.57. The van der Waals surface area contributed by atoms with Crippen molar-refractivity contribution < 1.29 is 18.3 Å². The van der Waals surface area contributed by atoms with Crippen LogP contribution in [0.1, 0.15) is 43.7 Å². The van der Waals surface area contributed by atoms with Crippen molar-refractivity contribution in [3.8, 4) is 11.1 Å². The highest BCUT2D eigenvalue weighted by molar-refractivity contribution is 7.91. The first-order valence-corrected chi connectivity index (χ1v) is 13.8. The maximum Gasteiger partial charge on any atom is 0.268 e. The minimum absolute atomic E-state index is 0.0607. The first-order valence-electron chi connectivity index (χ1n) is 12.2. The summed E-state index contributed by atoms with van der Waals surface area (Å²) in [4.78, 5) is 16.5. The van der Waals surface area contributed by atoms with Gasteiger partial charge in [0.2, 0.25) is 0 Å². The van der Waals surface area contributed by atoms with Gasteiger partial charge < -0.3 is 20.7 Å². The van der Waals surface area contributed by atoms with E-state index in [9.17, 15) is 18.3 Å². The Morgan fingerprint density at radius 3 is 2.30 bits per heavy atom. The fraction of sp³-hybridized carbons (Fsp3) is 0.276. The summed E-state index contributed by atoms with van der Waals surface area (Å²) in [5.41, 5.74) is 4.31. The minimum Gasteiger partial charge on any atom is -0.394 e. The topological polar surface area (TPSA) is 111 Å². The molecule has 1 amide bonds. The van der Waals surface area contributed by atoms with Gasteiger partial charge in [0.1, 0.15) is 11.6 Å². The lowest BCUT2D eigenvalue weighted by Gasteiger charge is -2.19. The summed E-state index contributed by atoms with van der Waals surface area (Å²) in [6, 6.07) is 21.6. The number of H-pyrrole nitrogens is 1. The van der Waals surface area contributed by atoms with Crippen molar-refractivity contribution in [2.75, 3.05) is 17.8 Å². The maximum atomic E-state index is 13.0. The molecule has 4 N–H and O–H groups in total. The van der Waals surface area contributed by atoms with Crippen molar-refractivity contribution >= 4 is 32.3 Å². The fourth-order valence-electron chi connectivity index (χ4n) is 4.14. The summed E-state index contributed by atoms with van der Waals surface area (Å²) in [6.45, 7) is 7.81. The quantitative estimate of drug-likeness (QED) is 0.259. The van der Waals surface area contributed by atoms with Gasteiger partial charge in [-0.3, -0.25) is 4.79 Å². The molecule has 1 heterocycles. The normalized spacial score (nSPS) is 12.9. The number of anilines is 1. The highest BCUT2D eigenvalue weighted by Crippen LogP contribution is 2.34. The first kappa shape index (κ1) is 26.4.